The van der Waals surface area contributed by atoms with Gasteiger partial charge < -0.3 is 4.74 Å². The Morgan fingerprint density at radius 1 is 0.460 bits per heavy atom. The Balaban J connectivity index is 1.40. The van der Waals surface area contributed by atoms with E-state index in [2.05, 4.69) is 9.97 Å². The molecule has 63 heavy (non-hydrogen) atoms. The molecule has 2 aliphatic heterocycles. The van der Waals surface area contributed by atoms with E-state index >= 15 is 17.6 Å². The van der Waals surface area contributed by atoms with Gasteiger partial charge in [0.05, 0.1) is 24.1 Å². The number of hydrogen-bond donors (Lipinski definition) is 0. The second-order valence-electron chi connectivity index (χ2n) is 15.6. The highest BCUT2D eigenvalue weighted by molar-refractivity contribution is 5.41. The van der Waals surface area contributed by atoms with Crippen LogP contribution in [0.25, 0.3) is 0 Å². The van der Waals surface area contributed by atoms with Gasteiger partial charge in [-0.1, -0.05) is 72.8 Å². The molecule has 344 valence electrons. The zero-order valence-electron chi connectivity index (χ0n) is 32.2. The van der Waals surface area contributed by atoms with Crippen LogP contribution in [0.4, 0.5) is 74.6 Å². The Kier molecular flexibility index (Phi) is 12.5. The Hall–Kier alpha value is -4.57. The van der Waals surface area contributed by atoms with Gasteiger partial charge in [0.15, 0.2) is 0 Å². The lowest BCUT2D eigenvalue weighted by Crippen LogP contribution is -2.76. The van der Waals surface area contributed by atoms with Crippen LogP contribution >= 0.6 is 0 Å². The van der Waals surface area contributed by atoms with Crippen LogP contribution < -0.4 is 0 Å². The topological polar surface area (TPSA) is 41.5 Å². The van der Waals surface area contributed by atoms with Gasteiger partial charge in [-0.2, -0.15) is 74.6 Å². The van der Waals surface area contributed by atoms with Crippen LogP contribution in [0.2, 0.25) is 0 Å². The first-order valence-electron chi connectivity index (χ1n) is 18.8. The number of halogens is 17. The van der Waals surface area contributed by atoms with E-state index in [9.17, 15) is 57.1 Å². The fraction of sp³-hybridized carbons (Fsp3) is 0.463. The van der Waals surface area contributed by atoms with Gasteiger partial charge in [0.2, 0.25) is 0 Å². The van der Waals surface area contributed by atoms with Crippen LogP contribution in [0.1, 0.15) is 28.9 Å². The molecule has 0 unspecified atom stereocenters. The first-order chi connectivity index (χ1) is 29.1. The fourth-order valence-corrected chi connectivity index (χ4v) is 8.52. The highest BCUT2D eigenvalue weighted by Crippen LogP contribution is 2.64. The minimum atomic E-state index is -8.70. The van der Waals surface area contributed by atoms with E-state index in [1.807, 2.05) is 9.80 Å². The second-order valence-corrected chi connectivity index (χ2v) is 15.6. The summed E-state index contributed by atoms with van der Waals surface area (Å²) in [4.78, 5) is 12.8. The quantitative estimate of drug-likeness (QED) is 0.105. The van der Waals surface area contributed by atoms with E-state index in [0.717, 1.165) is 0 Å². The molecule has 0 N–H and O–H groups in total. The van der Waals surface area contributed by atoms with Crippen LogP contribution in [-0.2, 0) is 28.7 Å². The molecule has 2 saturated heterocycles. The summed E-state index contributed by atoms with van der Waals surface area (Å²) >= 11 is 0. The first kappa shape index (κ1) is 47.9. The van der Waals surface area contributed by atoms with Crippen molar-refractivity contribution in [2.75, 3.05) is 32.8 Å². The van der Waals surface area contributed by atoms with Crippen LogP contribution in [0.15, 0.2) is 109 Å². The number of fused-ring (bicyclic) bond motifs is 2. The third kappa shape index (κ3) is 7.90. The normalized spacial score (nSPS) is 22.6. The van der Waals surface area contributed by atoms with Crippen LogP contribution in [0.5, 0.6) is 0 Å². The van der Waals surface area contributed by atoms with Crippen molar-refractivity contribution in [3.05, 3.63) is 132 Å². The monoisotopic (exact) mass is 922 g/mol. The predicted octanol–water partition coefficient (Wildman–Crippen LogP) is 10.5. The fourth-order valence-electron chi connectivity index (χ4n) is 8.52. The van der Waals surface area contributed by atoms with Gasteiger partial charge in [-0.05, 0) is 35.4 Å². The molecule has 2 aromatic heterocycles. The standard InChI is InChI=1S/C41H35F17N4O/c42-34(43,35(44,45)36(46,47)37(48,49)38(50,51)39(52,53)40(54,55)41(56,57)58)17-20-63-31-32(27-11-3-1-4-12-27)23-61(21-29-15-7-9-18-59-29)25-33(31,28-13-5-2-6-14-28)26-62(24-32)22-30-16-8-10-19-60-30/h1-16,18-19,31H,17,20-26H2. The van der Waals surface area contributed by atoms with Crippen LogP contribution in [0, 0.1) is 0 Å². The van der Waals surface area contributed by atoms with Gasteiger partial charge in [0, 0.05) is 68.9 Å². The van der Waals surface area contributed by atoms with Crippen molar-refractivity contribution >= 4 is 0 Å². The Labute approximate surface area is 347 Å². The van der Waals surface area contributed by atoms with Crippen molar-refractivity contribution in [1.29, 1.82) is 0 Å². The van der Waals surface area contributed by atoms with Crippen molar-refractivity contribution in [2.24, 2.45) is 0 Å². The molecule has 0 atom stereocenters. The lowest BCUT2D eigenvalue weighted by atomic mass is 9.56. The van der Waals surface area contributed by atoms with Crippen molar-refractivity contribution in [1.82, 2.24) is 19.8 Å². The van der Waals surface area contributed by atoms with E-state index in [1.165, 1.54) is 0 Å². The number of pyridine rings is 2. The maximum Gasteiger partial charge on any atom is 0.460 e. The maximum absolute atomic E-state index is 15.4. The van der Waals surface area contributed by atoms with Crippen molar-refractivity contribution in [3.63, 3.8) is 0 Å². The van der Waals surface area contributed by atoms with E-state index in [1.54, 1.807) is 109 Å². The van der Waals surface area contributed by atoms with Gasteiger partial charge in [-0.25, -0.2) is 0 Å². The molecule has 0 saturated carbocycles. The van der Waals surface area contributed by atoms with Crippen molar-refractivity contribution in [2.45, 2.75) is 84.1 Å². The van der Waals surface area contributed by atoms with E-state index in [4.69, 9.17) is 4.74 Å². The summed E-state index contributed by atoms with van der Waals surface area (Å²) in [6.45, 7) is -1.24. The summed E-state index contributed by atoms with van der Waals surface area (Å²) in [7, 11) is 0. The number of rotatable bonds is 16. The summed E-state index contributed by atoms with van der Waals surface area (Å²) in [6, 6.07) is 26.7. The minimum absolute atomic E-state index is 0.0221. The predicted molar refractivity (Wildman–Crippen MR) is 190 cm³/mol. The molecule has 0 spiro atoms. The smallest absolute Gasteiger partial charge is 0.376 e. The van der Waals surface area contributed by atoms with E-state index < -0.39 is 77.6 Å². The molecule has 2 bridgehead atoms. The largest absolute Gasteiger partial charge is 0.460 e. The van der Waals surface area contributed by atoms with E-state index in [0.29, 0.717) is 22.5 Å². The molecule has 22 heteroatoms. The average Bonchev–Trinajstić information content (AvgIpc) is 3.21. The number of aromatic nitrogens is 2. The van der Waals surface area contributed by atoms with Crippen LogP contribution in [0.3, 0.4) is 0 Å². The molecule has 2 aliphatic rings. The third-order valence-corrected chi connectivity index (χ3v) is 11.4. The molecule has 0 amide bonds. The van der Waals surface area contributed by atoms with Gasteiger partial charge >= 0.3 is 47.6 Å². The minimum Gasteiger partial charge on any atom is -0.376 e. The number of nitrogens with zero attached hydrogens (tertiary/aromatic N) is 4. The molecule has 5 nitrogen and oxygen atoms in total. The van der Waals surface area contributed by atoms with Gasteiger partial charge in [-0.15, -0.1) is 0 Å². The summed E-state index contributed by atoms with van der Waals surface area (Å²) in [5.41, 5.74) is -0.566. The molecular formula is C41H35F17N4O. The number of piperidine rings is 2. The molecular weight excluding hydrogens is 887 g/mol. The first-order valence-corrected chi connectivity index (χ1v) is 18.8. The highest BCUT2D eigenvalue weighted by Gasteiger charge is 2.95. The molecule has 4 heterocycles. The Morgan fingerprint density at radius 3 is 1.16 bits per heavy atom. The number of ether oxygens (including phenoxy) is 1. The van der Waals surface area contributed by atoms with Crippen molar-refractivity contribution < 1.29 is 79.4 Å². The van der Waals surface area contributed by atoms with Gasteiger partial charge in [0.1, 0.15) is 0 Å². The van der Waals surface area contributed by atoms with Crippen molar-refractivity contribution in [3.8, 4) is 0 Å². The number of alkyl halides is 17. The second kappa shape index (κ2) is 16.5. The molecule has 2 fully saturated rings. The zero-order chi connectivity index (χ0) is 46.5. The number of likely N-dealkylation sites (tertiary alicyclic amines) is 2. The lowest BCUT2D eigenvalue weighted by molar-refractivity contribution is -0.462. The Morgan fingerprint density at radius 2 is 0.810 bits per heavy atom. The summed E-state index contributed by atoms with van der Waals surface area (Å²) < 4.78 is 246. The Bertz CT molecular complexity index is 2030. The number of hydrogen-bond acceptors (Lipinski definition) is 5. The van der Waals surface area contributed by atoms with Gasteiger partial charge in [-0.3, -0.25) is 19.8 Å². The lowest BCUT2D eigenvalue weighted by Gasteiger charge is -2.63. The maximum atomic E-state index is 15.4. The molecule has 4 aromatic rings. The molecule has 6 rings (SSSR count). The molecule has 0 aliphatic carbocycles. The zero-order valence-corrected chi connectivity index (χ0v) is 32.2. The number of benzene rings is 2. The summed E-state index contributed by atoms with van der Waals surface area (Å²) in [6.07, 6.45) is -8.82. The van der Waals surface area contributed by atoms with Crippen LogP contribution in [-0.4, -0.2) is 106 Å². The average molecular weight is 923 g/mol. The van der Waals surface area contributed by atoms with E-state index in [-0.39, 0.29) is 39.3 Å². The third-order valence-electron chi connectivity index (χ3n) is 11.4. The summed E-state index contributed by atoms with van der Waals surface area (Å²) in [5.74, 6) is -57.0. The summed E-state index contributed by atoms with van der Waals surface area (Å²) in [5, 5.41) is 0. The molecule has 0 radical (unpaired) electrons. The highest BCUT2D eigenvalue weighted by atomic mass is 19.4. The molecule has 2 aromatic carbocycles. The SMILES string of the molecule is FC(F)(F)C(F)(F)C(F)(F)C(F)(F)C(F)(F)C(F)(F)C(F)(F)C(F)(F)CCOC1C2(c3ccccc3)CN(Cc3ccccn3)CC1(c1ccccc1)CN(Cc1ccccn1)C2. The van der Waals surface area contributed by atoms with Gasteiger partial charge in [0.25, 0.3) is 0 Å².